The van der Waals surface area contributed by atoms with Gasteiger partial charge < -0.3 is 35.5 Å². The largest absolute Gasteiger partial charge is 0.463 e. The number of esters is 2. The number of methoxy groups -OCH3 is 1. The molecule has 0 heterocycles. The van der Waals surface area contributed by atoms with E-state index in [1.807, 2.05) is 23.5 Å². The fraction of sp³-hybridized carbons (Fsp3) is 0.931. The van der Waals surface area contributed by atoms with Crippen LogP contribution >= 0.6 is 23.5 Å². The van der Waals surface area contributed by atoms with Crippen molar-refractivity contribution in [1.82, 2.24) is 0 Å². The van der Waals surface area contributed by atoms with Gasteiger partial charge in [-0.2, -0.15) is 23.5 Å². The second-order valence-electron chi connectivity index (χ2n) is 10.0. The van der Waals surface area contributed by atoms with Crippen LogP contribution in [0.2, 0.25) is 0 Å². The molecule has 9 nitrogen and oxygen atoms in total. The summed E-state index contributed by atoms with van der Waals surface area (Å²) in [5.41, 5.74) is 7.83. The van der Waals surface area contributed by atoms with E-state index in [1.165, 1.54) is 0 Å². The van der Waals surface area contributed by atoms with E-state index in [0.717, 1.165) is 63.1 Å². The number of carbonyl (C=O) groups excluding carboxylic acids is 2. The molecule has 0 aromatic rings. The van der Waals surface area contributed by atoms with Crippen molar-refractivity contribution in [2.45, 2.75) is 114 Å². The predicted octanol–water partition coefficient (Wildman–Crippen LogP) is 2.87. The number of aliphatic hydroxyl groups is 1. The van der Waals surface area contributed by atoms with E-state index < -0.39 is 0 Å². The molecular weight excluding hydrogens is 552 g/mol. The molecule has 40 heavy (non-hydrogen) atoms. The first kappa shape index (κ1) is 39.4. The summed E-state index contributed by atoms with van der Waals surface area (Å²) in [5, 5.41) is 11.5. The first-order valence-corrected chi connectivity index (χ1v) is 17.4. The Balaban J connectivity index is 4.53. The van der Waals surface area contributed by atoms with Gasteiger partial charge in [-0.1, -0.05) is 13.8 Å². The number of thioether (sulfide) groups is 2. The summed E-state index contributed by atoms with van der Waals surface area (Å²) in [4.78, 5) is 24.7. The van der Waals surface area contributed by atoms with Crippen molar-refractivity contribution >= 4 is 35.5 Å². The Morgan fingerprint density at radius 1 is 0.750 bits per heavy atom. The Kier molecular flexibility index (Phi) is 28.2. The molecule has 0 saturated carbocycles. The molecule has 0 aromatic carbocycles. The summed E-state index contributed by atoms with van der Waals surface area (Å²) in [7, 11) is 1.61. The van der Waals surface area contributed by atoms with Gasteiger partial charge in [0.05, 0.1) is 39.0 Å². The molecule has 0 spiro atoms. The third kappa shape index (κ3) is 24.1. The molecule has 0 aromatic heterocycles. The lowest BCUT2D eigenvalue weighted by atomic mass is 10.0. The van der Waals surface area contributed by atoms with Crippen molar-refractivity contribution in [2.75, 3.05) is 58.1 Å². The van der Waals surface area contributed by atoms with Crippen molar-refractivity contribution in [2.24, 2.45) is 0 Å². The van der Waals surface area contributed by atoms with Crippen LogP contribution < -0.4 is 11.5 Å². The van der Waals surface area contributed by atoms with Crippen molar-refractivity contribution in [1.29, 1.82) is 0 Å². The van der Waals surface area contributed by atoms with Crippen LogP contribution in [0.25, 0.3) is 0 Å². The van der Waals surface area contributed by atoms with Crippen LogP contribution in [0.15, 0.2) is 0 Å². The van der Waals surface area contributed by atoms with Crippen molar-refractivity contribution < 1.29 is 45.1 Å². The fourth-order valence-corrected chi connectivity index (χ4v) is 6.28. The van der Waals surface area contributed by atoms with Gasteiger partial charge in [0.25, 0.3) is 0 Å². The maximum atomic E-state index is 12.7. The van der Waals surface area contributed by atoms with Crippen LogP contribution in [-0.2, 0) is 28.5 Å². The topological polar surface area (TPSA) is 147 Å². The first-order valence-electron chi connectivity index (χ1n) is 15.3. The molecule has 0 fully saturated rings. The zero-order valence-electron chi connectivity index (χ0n) is 25.6. The van der Waals surface area contributed by atoms with Gasteiger partial charge in [0.1, 0.15) is 12.7 Å². The van der Waals surface area contributed by atoms with Gasteiger partial charge in [0.2, 0.25) is 0 Å². The monoisotopic (exact) mass is 612 g/mol. The van der Waals surface area contributed by atoms with Gasteiger partial charge in [0, 0.05) is 42.0 Å². The molecule has 0 bridgehead atoms. The van der Waals surface area contributed by atoms with Crippen molar-refractivity contribution in [3.8, 4) is 0 Å². The summed E-state index contributed by atoms with van der Waals surface area (Å²) in [5.74, 6) is 1.60. The van der Waals surface area contributed by atoms with E-state index in [0.29, 0.717) is 62.4 Å². The summed E-state index contributed by atoms with van der Waals surface area (Å²) >= 11 is 3.86. The highest BCUT2D eigenvalue weighted by Gasteiger charge is 2.19. The average molecular weight is 613 g/mol. The molecule has 238 valence electrons. The summed E-state index contributed by atoms with van der Waals surface area (Å²) < 4.78 is 21.3. The number of aliphatic hydroxyl groups excluding tert-OH is 1. The van der Waals surface area contributed by atoms with Crippen LogP contribution in [0.4, 0.5) is 0 Å². The Hall–Kier alpha value is -0.560. The first-order chi connectivity index (χ1) is 19.4. The minimum atomic E-state index is -0.384. The van der Waals surface area contributed by atoms with E-state index in [9.17, 15) is 14.7 Å². The standard InChI is InChI=1S/C29H58N2O7S2/c1-4-26(39-22-16-30)14-12-24(32)8-6-11-29(34)38-25(13-15-27(5-2)40-23-17-31)9-7-10-28(33)37-21-20-36-19-18-35-3/h24-27,32H,4-23,30-31H2,1-3H3/p+2. The fourth-order valence-electron chi connectivity index (χ4n) is 4.20. The number of hydrogen-bond acceptors (Lipinski definition) is 9. The lowest BCUT2D eigenvalue weighted by molar-refractivity contribution is -0.360. The van der Waals surface area contributed by atoms with Crippen molar-refractivity contribution in [3.05, 3.63) is 0 Å². The SMILES string of the molecule is CCC(CCC(O)CCCC(=O)OC(CCCC(=O)OCCOCCOC)CCC(CC)SCC[NH3+])SCC[NH3+]. The molecule has 0 amide bonds. The molecule has 0 aliphatic carbocycles. The zero-order chi connectivity index (χ0) is 29.8. The Bertz CT molecular complexity index is 605. The lowest BCUT2D eigenvalue weighted by Crippen LogP contribution is -2.51. The van der Waals surface area contributed by atoms with E-state index >= 15 is 0 Å². The number of hydrogen-bond donors (Lipinski definition) is 3. The molecule has 4 unspecified atom stereocenters. The highest BCUT2D eigenvalue weighted by molar-refractivity contribution is 8.00. The summed E-state index contributed by atoms with van der Waals surface area (Å²) in [6, 6.07) is 0. The normalized spacial score (nSPS) is 14.4. The van der Waals surface area contributed by atoms with Gasteiger partial charge in [0.15, 0.2) is 0 Å². The van der Waals surface area contributed by atoms with Gasteiger partial charge in [-0.25, -0.2) is 0 Å². The van der Waals surface area contributed by atoms with Gasteiger partial charge >= 0.3 is 11.9 Å². The molecular formula is C29H60N2O7S2+2. The summed E-state index contributed by atoms with van der Waals surface area (Å²) in [6.07, 6.45) is 8.11. The van der Waals surface area contributed by atoms with Crippen LogP contribution in [0.3, 0.4) is 0 Å². The van der Waals surface area contributed by atoms with Crippen LogP contribution in [0, 0.1) is 0 Å². The Morgan fingerprint density at radius 3 is 1.93 bits per heavy atom. The third-order valence-electron chi connectivity index (χ3n) is 6.58. The van der Waals surface area contributed by atoms with Gasteiger partial charge in [-0.3, -0.25) is 9.59 Å². The summed E-state index contributed by atoms with van der Waals surface area (Å²) in [6.45, 7) is 7.76. The molecule has 11 heteroatoms. The van der Waals surface area contributed by atoms with Crippen molar-refractivity contribution in [3.63, 3.8) is 0 Å². The highest BCUT2D eigenvalue weighted by atomic mass is 32.2. The quantitative estimate of drug-likeness (QED) is 0.0857. The molecule has 0 saturated heterocycles. The maximum Gasteiger partial charge on any atom is 0.306 e. The number of rotatable bonds is 29. The van der Waals surface area contributed by atoms with Crippen LogP contribution in [0.1, 0.15) is 90.9 Å². The van der Waals surface area contributed by atoms with E-state index in [-0.39, 0.29) is 37.2 Å². The number of carbonyl (C=O) groups is 2. The Morgan fingerprint density at radius 2 is 1.32 bits per heavy atom. The number of ether oxygens (including phenoxy) is 4. The second kappa shape index (κ2) is 28.6. The molecule has 0 aliphatic rings. The lowest BCUT2D eigenvalue weighted by Gasteiger charge is -2.21. The molecule has 4 atom stereocenters. The predicted molar refractivity (Wildman–Crippen MR) is 164 cm³/mol. The van der Waals surface area contributed by atoms with Crippen LogP contribution in [-0.4, -0.2) is 97.9 Å². The smallest absolute Gasteiger partial charge is 0.306 e. The minimum absolute atomic E-state index is 0.215. The average Bonchev–Trinajstić information content (AvgIpc) is 2.94. The van der Waals surface area contributed by atoms with E-state index in [2.05, 4.69) is 25.3 Å². The van der Waals surface area contributed by atoms with Crippen LogP contribution in [0.5, 0.6) is 0 Å². The zero-order valence-corrected chi connectivity index (χ0v) is 27.2. The second-order valence-corrected chi connectivity index (χ2v) is 12.9. The van der Waals surface area contributed by atoms with E-state index in [1.54, 1.807) is 7.11 Å². The molecule has 0 rings (SSSR count). The van der Waals surface area contributed by atoms with Gasteiger partial charge in [-0.15, -0.1) is 0 Å². The molecule has 0 radical (unpaired) electrons. The van der Waals surface area contributed by atoms with Gasteiger partial charge in [-0.05, 0) is 64.2 Å². The minimum Gasteiger partial charge on any atom is -0.463 e. The molecule has 0 aliphatic heterocycles. The Labute approximate surface area is 251 Å². The highest BCUT2D eigenvalue weighted by Crippen LogP contribution is 2.24. The maximum absolute atomic E-state index is 12.7. The molecule has 7 N–H and O–H groups in total. The number of quaternary nitrogens is 2. The van der Waals surface area contributed by atoms with E-state index in [4.69, 9.17) is 18.9 Å². The third-order valence-corrected chi connectivity index (χ3v) is 9.71.